The molecule has 0 spiro atoms. The van der Waals surface area contributed by atoms with Crippen molar-refractivity contribution in [2.45, 2.75) is 0 Å². The summed E-state index contributed by atoms with van der Waals surface area (Å²) in [6.07, 6.45) is 0. The Morgan fingerprint density at radius 2 is 1.12 bits per heavy atom. The van der Waals surface area contributed by atoms with Crippen LogP contribution in [0.4, 0.5) is 0 Å². The van der Waals surface area contributed by atoms with Gasteiger partial charge in [0.05, 0.1) is 0 Å². The molecule has 0 saturated heterocycles. The van der Waals surface area contributed by atoms with Crippen LogP contribution < -0.4 is 6.15 Å². The summed E-state index contributed by atoms with van der Waals surface area (Å²) >= 11 is 0. The van der Waals surface area contributed by atoms with E-state index in [-0.39, 0.29) is 67.4 Å². The fraction of sp³-hybridized carbons (Fsp3) is 0. The predicted octanol–water partition coefficient (Wildman–Crippen LogP) is -1.08. The SMILES string of the molecule is N.O=S(=O)(O)O.P.[KH]. The van der Waals surface area contributed by atoms with Crippen LogP contribution in [0.5, 0.6) is 0 Å². The third-order valence-corrected chi connectivity index (χ3v) is 0. The molecule has 0 bridgehead atoms. The number of hydrogen-bond acceptors (Lipinski definition) is 3. The first-order chi connectivity index (χ1) is 2.00. The Labute approximate surface area is 93.8 Å². The van der Waals surface area contributed by atoms with Gasteiger partial charge in [-0.3, -0.25) is 9.11 Å². The van der Waals surface area contributed by atoms with Crippen molar-refractivity contribution in [1.29, 1.82) is 0 Å². The van der Waals surface area contributed by atoms with Gasteiger partial charge in [0.2, 0.25) is 0 Å². The molecule has 0 aliphatic carbocycles. The van der Waals surface area contributed by atoms with Crippen molar-refractivity contribution in [1.82, 2.24) is 6.15 Å². The zero-order valence-electron chi connectivity index (χ0n) is 3.53. The van der Waals surface area contributed by atoms with Crippen LogP contribution >= 0.6 is 9.90 Å². The van der Waals surface area contributed by atoms with Crippen molar-refractivity contribution < 1.29 is 17.5 Å². The average molecular weight is 189 g/mol. The quantitative estimate of drug-likeness (QED) is 0.255. The van der Waals surface area contributed by atoms with Crippen molar-refractivity contribution in [3.63, 3.8) is 0 Å². The van der Waals surface area contributed by atoms with Crippen LogP contribution in [-0.2, 0) is 10.4 Å². The summed E-state index contributed by atoms with van der Waals surface area (Å²) in [6.45, 7) is 0. The standard InChI is InChI=1S/K.H3N.H2O4S.H3P.H/c;;1-5(2,3)4;;/h;1H3;(H2,1,2,3,4);1H3;. The summed E-state index contributed by atoms with van der Waals surface area (Å²) in [5, 5.41) is 0. The van der Waals surface area contributed by atoms with Gasteiger partial charge in [-0.15, -0.1) is 0 Å². The molecule has 8 heavy (non-hydrogen) atoms. The first-order valence-corrected chi connectivity index (χ1v) is 2.10. The topological polar surface area (TPSA) is 110 Å². The van der Waals surface area contributed by atoms with Gasteiger partial charge in [-0.25, -0.2) is 0 Å². The van der Waals surface area contributed by atoms with Crippen molar-refractivity contribution in [2.24, 2.45) is 0 Å². The molecule has 5 nitrogen and oxygen atoms in total. The Morgan fingerprint density at radius 1 is 1.12 bits per heavy atom. The zero-order valence-corrected chi connectivity index (χ0v) is 5.76. The minimum absolute atomic E-state index is 0. The first-order valence-electron chi connectivity index (χ1n) is 0.698. The zero-order chi connectivity index (χ0) is 4.50. The van der Waals surface area contributed by atoms with Gasteiger partial charge in [-0.2, -0.15) is 18.3 Å². The van der Waals surface area contributed by atoms with E-state index in [0.29, 0.717) is 0 Å². The second kappa shape index (κ2) is 8.90. The first kappa shape index (κ1) is 22.5. The molecule has 0 rings (SSSR count). The van der Waals surface area contributed by atoms with E-state index in [2.05, 4.69) is 0 Å². The molecule has 1 unspecified atom stereocenters. The summed E-state index contributed by atoms with van der Waals surface area (Å²) < 4.78 is 31.6. The molecule has 0 aromatic heterocycles. The molecule has 0 amide bonds. The molecule has 0 aromatic carbocycles. The van der Waals surface area contributed by atoms with Crippen LogP contribution in [0.2, 0.25) is 0 Å². The molecular formula is H9KNO4PS. The number of rotatable bonds is 0. The second-order valence-corrected chi connectivity index (χ2v) is 1.34. The van der Waals surface area contributed by atoms with Gasteiger partial charge >= 0.3 is 61.8 Å². The third-order valence-electron chi connectivity index (χ3n) is 0. The predicted molar refractivity (Wildman–Crippen MR) is 37.5 cm³/mol. The Kier molecular flexibility index (Phi) is 25.1. The summed E-state index contributed by atoms with van der Waals surface area (Å²) in [6, 6.07) is 0. The fourth-order valence-corrected chi connectivity index (χ4v) is 0. The van der Waals surface area contributed by atoms with Gasteiger partial charge in [0, 0.05) is 0 Å². The molecule has 8 heteroatoms. The molecule has 0 radical (unpaired) electrons. The Morgan fingerprint density at radius 3 is 1.12 bits per heavy atom. The Balaban J connectivity index is -0.0000000267. The molecule has 0 saturated carbocycles. The van der Waals surface area contributed by atoms with E-state index in [1.54, 1.807) is 0 Å². The number of hydrogen-bond donors (Lipinski definition) is 3. The Hall–Kier alpha value is 1.90. The van der Waals surface area contributed by atoms with Crippen molar-refractivity contribution in [2.75, 3.05) is 0 Å². The molecule has 0 heterocycles. The molecule has 0 aliphatic rings. The molecule has 5 N–H and O–H groups in total. The van der Waals surface area contributed by atoms with Gasteiger partial charge in [0.15, 0.2) is 0 Å². The van der Waals surface area contributed by atoms with Crippen LogP contribution in [-0.4, -0.2) is 68.9 Å². The van der Waals surface area contributed by atoms with Crippen LogP contribution in [0.3, 0.4) is 0 Å². The van der Waals surface area contributed by atoms with E-state index < -0.39 is 10.4 Å². The molecule has 0 fully saturated rings. The third kappa shape index (κ3) is 104. The normalized spacial score (nSPS) is 7.25. The van der Waals surface area contributed by atoms with Gasteiger partial charge in [-0.05, 0) is 0 Å². The fourth-order valence-electron chi connectivity index (χ4n) is 0. The molecule has 1 atom stereocenters. The summed E-state index contributed by atoms with van der Waals surface area (Å²) in [4.78, 5) is 0. The van der Waals surface area contributed by atoms with Crippen LogP contribution in [0, 0.1) is 0 Å². The van der Waals surface area contributed by atoms with E-state index in [4.69, 9.17) is 17.5 Å². The second-order valence-electron chi connectivity index (χ2n) is 0.448. The van der Waals surface area contributed by atoms with Crippen LogP contribution in [0.1, 0.15) is 0 Å². The molecular weight excluding hydrogens is 180 g/mol. The van der Waals surface area contributed by atoms with E-state index in [9.17, 15) is 0 Å². The maximum atomic E-state index is 8.74. The monoisotopic (exact) mass is 189 g/mol. The minimum atomic E-state index is -4.67. The van der Waals surface area contributed by atoms with E-state index in [1.165, 1.54) is 0 Å². The molecule has 50 valence electrons. The van der Waals surface area contributed by atoms with E-state index >= 15 is 0 Å². The van der Waals surface area contributed by atoms with Crippen molar-refractivity contribution in [3.05, 3.63) is 0 Å². The van der Waals surface area contributed by atoms with Crippen molar-refractivity contribution in [3.8, 4) is 0 Å². The summed E-state index contributed by atoms with van der Waals surface area (Å²) in [5.74, 6) is 0. The molecule has 0 aromatic rings. The van der Waals surface area contributed by atoms with Gasteiger partial charge in [-0.1, -0.05) is 0 Å². The molecule has 0 aliphatic heterocycles. The van der Waals surface area contributed by atoms with Crippen LogP contribution in [0.15, 0.2) is 0 Å². The average Bonchev–Trinajstić information content (AvgIpc) is 0.722. The van der Waals surface area contributed by atoms with Crippen LogP contribution in [0.25, 0.3) is 0 Å². The van der Waals surface area contributed by atoms with Gasteiger partial charge < -0.3 is 6.15 Å². The van der Waals surface area contributed by atoms with Crippen molar-refractivity contribution >= 4 is 71.7 Å². The van der Waals surface area contributed by atoms with E-state index in [1.807, 2.05) is 0 Å². The maximum absolute atomic E-state index is 8.74. The van der Waals surface area contributed by atoms with Gasteiger partial charge in [0.25, 0.3) is 0 Å². The van der Waals surface area contributed by atoms with E-state index in [0.717, 1.165) is 0 Å². The summed E-state index contributed by atoms with van der Waals surface area (Å²) in [7, 11) is -4.67. The Bertz CT molecular complexity index is 99.2. The van der Waals surface area contributed by atoms with Gasteiger partial charge in [0.1, 0.15) is 0 Å². The summed E-state index contributed by atoms with van der Waals surface area (Å²) in [5.41, 5.74) is 0.